The first-order valence-corrected chi connectivity index (χ1v) is 7.22. The zero-order valence-corrected chi connectivity index (χ0v) is 12.6. The third-order valence-corrected chi connectivity index (χ3v) is 5.55. The fourth-order valence-corrected chi connectivity index (χ4v) is 3.90. The zero-order valence-electron chi connectivity index (χ0n) is 11.8. The minimum absolute atomic E-state index is 0.197. The van der Waals surface area contributed by atoms with Crippen LogP contribution in [0.5, 0.6) is 0 Å². The van der Waals surface area contributed by atoms with Crippen LogP contribution in [-0.4, -0.2) is 17.1 Å². The van der Waals surface area contributed by atoms with Gasteiger partial charge in [-0.1, -0.05) is 20.8 Å². The van der Waals surface area contributed by atoms with Gasteiger partial charge in [0.25, 0.3) is 0 Å². The summed E-state index contributed by atoms with van der Waals surface area (Å²) in [5, 5.41) is 7.01. The molecule has 1 saturated carbocycles. The first kappa shape index (κ1) is 13.0. The average molecular weight is 252 g/mol. The Morgan fingerprint density at radius 2 is 2.00 bits per heavy atom. The summed E-state index contributed by atoms with van der Waals surface area (Å²) in [7, 11) is 0. The van der Waals surface area contributed by atoms with Gasteiger partial charge in [-0.05, 0) is 38.6 Å². The number of nitrogens with zero attached hydrogens (tertiary/aromatic N) is 1. The number of hydrogen-bond donors (Lipinski definition) is 1. The summed E-state index contributed by atoms with van der Waals surface area (Å²) in [6, 6.07) is 0. The van der Waals surface area contributed by atoms with Crippen LogP contribution in [0.25, 0.3) is 0 Å². The summed E-state index contributed by atoms with van der Waals surface area (Å²) < 4.78 is 0. The predicted molar refractivity (Wildman–Crippen MR) is 74.5 cm³/mol. The van der Waals surface area contributed by atoms with Crippen LogP contribution in [0.4, 0.5) is 0 Å². The fraction of sp³-hybridized carbons (Fsp3) is 0.786. The van der Waals surface area contributed by atoms with Gasteiger partial charge in [-0.25, -0.2) is 4.98 Å². The van der Waals surface area contributed by atoms with Crippen molar-refractivity contribution in [2.45, 2.75) is 52.5 Å². The van der Waals surface area contributed by atoms with Crippen molar-refractivity contribution in [3.63, 3.8) is 0 Å². The molecular weight excluding hydrogens is 228 g/mol. The van der Waals surface area contributed by atoms with E-state index in [1.807, 2.05) is 6.20 Å². The molecule has 0 aliphatic heterocycles. The molecule has 1 aromatic rings. The molecule has 17 heavy (non-hydrogen) atoms. The van der Waals surface area contributed by atoms with E-state index in [4.69, 9.17) is 0 Å². The lowest BCUT2D eigenvalue weighted by Gasteiger charge is -2.21. The first-order valence-electron chi connectivity index (χ1n) is 6.34. The molecule has 1 aliphatic carbocycles. The van der Waals surface area contributed by atoms with Gasteiger partial charge < -0.3 is 5.32 Å². The van der Waals surface area contributed by atoms with Gasteiger partial charge >= 0.3 is 0 Å². The van der Waals surface area contributed by atoms with Crippen molar-refractivity contribution < 1.29 is 0 Å². The fourth-order valence-electron chi connectivity index (χ4n) is 2.87. The van der Waals surface area contributed by atoms with Crippen LogP contribution in [0, 0.1) is 11.3 Å². The van der Waals surface area contributed by atoms with Gasteiger partial charge in [0.05, 0.1) is 5.01 Å². The first-order chi connectivity index (χ1) is 7.69. The smallest absolute Gasteiger partial charge is 0.0992 e. The summed E-state index contributed by atoms with van der Waals surface area (Å²) in [6.07, 6.45) is 1.92. The van der Waals surface area contributed by atoms with Gasteiger partial charge in [0.1, 0.15) is 0 Å². The highest BCUT2D eigenvalue weighted by molar-refractivity contribution is 7.09. The molecular formula is C14H24N2S. The second kappa shape index (κ2) is 3.79. The summed E-state index contributed by atoms with van der Waals surface area (Å²) in [5.41, 5.74) is 0.797. The van der Waals surface area contributed by atoms with Crippen LogP contribution >= 0.6 is 11.3 Å². The second-order valence-electron chi connectivity index (χ2n) is 6.94. The van der Waals surface area contributed by atoms with Crippen molar-refractivity contribution in [2.75, 3.05) is 6.54 Å². The predicted octanol–water partition coefficient (Wildman–Crippen LogP) is 3.44. The summed E-state index contributed by atoms with van der Waals surface area (Å²) in [6.45, 7) is 14.8. The van der Waals surface area contributed by atoms with Crippen LogP contribution in [0.2, 0.25) is 0 Å². The standard InChI is InChI=1S/C14H24N2S/c1-12(2,3)16-9-10-13(4,5)14(10,6)11-15-7-8-17-11/h7-8,10,16H,9H2,1-6H3. The SMILES string of the molecule is CC(C)(C)NCC1C(C)(C)C1(C)c1nccs1. The Kier molecular flexibility index (Phi) is 2.91. The van der Waals surface area contributed by atoms with Crippen molar-refractivity contribution in [3.05, 3.63) is 16.6 Å². The van der Waals surface area contributed by atoms with Crippen molar-refractivity contribution in [3.8, 4) is 0 Å². The highest BCUT2D eigenvalue weighted by atomic mass is 32.1. The van der Waals surface area contributed by atoms with Crippen molar-refractivity contribution >= 4 is 11.3 Å². The Morgan fingerprint density at radius 3 is 2.47 bits per heavy atom. The lowest BCUT2D eigenvalue weighted by Crippen LogP contribution is -2.38. The third-order valence-electron chi connectivity index (χ3n) is 4.54. The number of thiazole rings is 1. The summed E-state index contributed by atoms with van der Waals surface area (Å²) in [4.78, 5) is 4.53. The number of rotatable bonds is 3. The number of aromatic nitrogens is 1. The quantitative estimate of drug-likeness (QED) is 0.891. The van der Waals surface area contributed by atoms with E-state index in [1.54, 1.807) is 11.3 Å². The molecule has 0 amide bonds. The molecule has 2 atom stereocenters. The Bertz CT molecular complexity index is 389. The minimum atomic E-state index is 0.197. The molecule has 3 heteroatoms. The average Bonchev–Trinajstić information content (AvgIpc) is 2.60. The van der Waals surface area contributed by atoms with E-state index in [0.29, 0.717) is 11.3 Å². The Hall–Kier alpha value is -0.410. The minimum Gasteiger partial charge on any atom is -0.312 e. The van der Waals surface area contributed by atoms with Gasteiger partial charge in [-0.2, -0.15) is 0 Å². The molecule has 96 valence electrons. The summed E-state index contributed by atoms with van der Waals surface area (Å²) >= 11 is 1.79. The number of hydrogen-bond acceptors (Lipinski definition) is 3. The lowest BCUT2D eigenvalue weighted by atomic mass is 9.99. The Balaban J connectivity index is 2.11. The van der Waals surface area contributed by atoms with Crippen LogP contribution in [-0.2, 0) is 5.41 Å². The van der Waals surface area contributed by atoms with Crippen molar-refractivity contribution in [2.24, 2.45) is 11.3 Å². The molecule has 1 heterocycles. The Morgan fingerprint density at radius 1 is 1.35 bits per heavy atom. The van der Waals surface area contributed by atoms with Crippen LogP contribution in [0.3, 0.4) is 0 Å². The van der Waals surface area contributed by atoms with E-state index in [9.17, 15) is 0 Å². The van der Waals surface area contributed by atoms with E-state index >= 15 is 0 Å². The highest BCUT2D eigenvalue weighted by Crippen LogP contribution is 2.69. The van der Waals surface area contributed by atoms with Gasteiger partial charge in [0.15, 0.2) is 0 Å². The topological polar surface area (TPSA) is 24.9 Å². The maximum atomic E-state index is 4.53. The molecule has 2 nitrogen and oxygen atoms in total. The van der Waals surface area contributed by atoms with Crippen LogP contribution < -0.4 is 5.32 Å². The van der Waals surface area contributed by atoms with Crippen LogP contribution in [0.15, 0.2) is 11.6 Å². The van der Waals surface area contributed by atoms with Gasteiger partial charge in [-0.3, -0.25) is 0 Å². The number of nitrogens with one attached hydrogen (secondary N) is 1. The normalized spacial score (nSPS) is 31.5. The third kappa shape index (κ3) is 2.04. The maximum Gasteiger partial charge on any atom is 0.0992 e. The molecule has 1 aromatic heterocycles. The molecule has 2 unspecified atom stereocenters. The van der Waals surface area contributed by atoms with Gasteiger partial charge in [-0.15, -0.1) is 11.3 Å². The largest absolute Gasteiger partial charge is 0.312 e. The van der Waals surface area contributed by atoms with E-state index in [2.05, 4.69) is 57.2 Å². The Labute approximate surface area is 109 Å². The molecule has 2 rings (SSSR count). The monoisotopic (exact) mass is 252 g/mol. The van der Waals surface area contributed by atoms with Gasteiger partial charge in [0.2, 0.25) is 0 Å². The van der Waals surface area contributed by atoms with E-state index in [1.165, 1.54) is 5.01 Å². The maximum absolute atomic E-state index is 4.53. The molecule has 1 aliphatic rings. The molecule has 1 fully saturated rings. The second-order valence-corrected chi connectivity index (χ2v) is 7.84. The molecule has 0 saturated heterocycles. The highest BCUT2D eigenvalue weighted by Gasteiger charge is 2.69. The van der Waals surface area contributed by atoms with E-state index in [-0.39, 0.29) is 11.0 Å². The van der Waals surface area contributed by atoms with Gasteiger partial charge in [0, 0.05) is 22.5 Å². The molecule has 1 N–H and O–H groups in total. The zero-order chi connectivity index (χ0) is 12.9. The van der Waals surface area contributed by atoms with E-state index in [0.717, 1.165) is 6.54 Å². The molecule has 0 spiro atoms. The molecule has 0 bridgehead atoms. The molecule has 0 aromatic carbocycles. The van der Waals surface area contributed by atoms with Crippen LogP contribution in [0.1, 0.15) is 46.6 Å². The summed E-state index contributed by atoms with van der Waals surface area (Å²) in [5.74, 6) is 0.681. The lowest BCUT2D eigenvalue weighted by molar-refractivity contribution is 0.395. The van der Waals surface area contributed by atoms with E-state index < -0.39 is 0 Å². The van der Waals surface area contributed by atoms with Crippen molar-refractivity contribution in [1.29, 1.82) is 0 Å². The molecule has 0 radical (unpaired) electrons. The van der Waals surface area contributed by atoms with Crippen molar-refractivity contribution in [1.82, 2.24) is 10.3 Å².